The predicted octanol–water partition coefficient (Wildman–Crippen LogP) is 9.36. The molecule has 1 unspecified atom stereocenters. The summed E-state index contributed by atoms with van der Waals surface area (Å²) in [5.74, 6) is -1.93. The molecule has 0 amide bonds. The zero-order valence-corrected chi connectivity index (χ0v) is 23.5. The van der Waals surface area contributed by atoms with E-state index in [-0.39, 0.29) is 24.2 Å². The minimum atomic E-state index is -1.07. The highest BCUT2D eigenvalue weighted by molar-refractivity contribution is 5.18. The van der Waals surface area contributed by atoms with Crippen LogP contribution in [0.5, 0.6) is 0 Å². The van der Waals surface area contributed by atoms with Gasteiger partial charge in [-0.2, -0.15) is 0 Å². The van der Waals surface area contributed by atoms with E-state index < -0.39 is 17.6 Å². The van der Waals surface area contributed by atoms with Gasteiger partial charge in [0.25, 0.3) is 5.97 Å². The van der Waals surface area contributed by atoms with E-state index in [2.05, 4.69) is 6.92 Å². The topological polar surface area (TPSA) is 27.7 Å². The smallest absolute Gasteiger partial charge is 0.286 e. The van der Waals surface area contributed by atoms with Crippen molar-refractivity contribution < 1.29 is 23.0 Å². The van der Waals surface area contributed by atoms with Crippen molar-refractivity contribution in [2.75, 3.05) is 0 Å². The molecule has 0 aliphatic carbocycles. The molecule has 5 heteroatoms. The molecule has 1 aromatic rings. The molecule has 204 valence electrons. The molecule has 0 aromatic heterocycles. The maximum absolute atomic E-state index is 14.0. The van der Waals surface area contributed by atoms with Gasteiger partial charge in [0, 0.05) is 12.0 Å². The van der Waals surface area contributed by atoms with Gasteiger partial charge in [-0.15, -0.1) is 0 Å². The van der Waals surface area contributed by atoms with Crippen LogP contribution in [0.15, 0.2) is 18.2 Å². The van der Waals surface area contributed by atoms with Crippen LogP contribution in [0.3, 0.4) is 0 Å². The van der Waals surface area contributed by atoms with Crippen LogP contribution in [0.25, 0.3) is 0 Å². The molecule has 1 rings (SSSR count). The quantitative estimate of drug-likeness (QED) is 0.132. The number of hydrogen-bond acceptors (Lipinski definition) is 3. The van der Waals surface area contributed by atoms with Crippen molar-refractivity contribution in [2.24, 2.45) is 5.92 Å². The van der Waals surface area contributed by atoms with Crippen molar-refractivity contribution in [1.29, 1.82) is 0 Å². The molecule has 0 aliphatic rings. The third-order valence-corrected chi connectivity index (χ3v) is 6.12. The van der Waals surface area contributed by atoms with Crippen LogP contribution in [0.4, 0.5) is 8.78 Å². The van der Waals surface area contributed by atoms with E-state index in [1.807, 2.05) is 41.5 Å². The fourth-order valence-corrected chi connectivity index (χ4v) is 4.63. The maximum atomic E-state index is 14.0. The van der Waals surface area contributed by atoms with Crippen LogP contribution in [0.2, 0.25) is 0 Å². The van der Waals surface area contributed by atoms with Crippen LogP contribution in [0.1, 0.15) is 125 Å². The van der Waals surface area contributed by atoms with Gasteiger partial charge in [0.15, 0.2) is 0 Å². The van der Waals surface area contributed by atoms with Gasteiger partial charge in [-0.3, -0.25) is 0 Å². The average Bonchev–Trinajstić information content (AvgIpc) is 2.74. The Morgan fingerprint density at radius 3 is 1.66 bits per heavy atom. The number of hydrogen-bond donors (Lipinski definition) is 0. The largest absolute Gasteiger partial charge is 0.324 e. The Bertz CT molecular complexity index is 649. The zero-order valence-electron chi connectivity index (χ0n) is 23.5. The summed E-state index contributed by atoms with van der Waals surface area (Å²) in [4.78, 5) is 0. The Balaban J connectivity index is 2.86. The van der Waals surface area contributed by atoms with E-state index in [1.165, 1.54) is 38.2 Å². The molecule has 1 aromatic carbocycles. The number of aryl methyl sites for hydroxylation is 1. The van der Waals surface area contributed by atoms with Gasteiger partial charge in [0.05, 0.1) is 18.3 Å². The van der Waals surface area contributed by atoms with Crippen molar-refractivity contribution in [3.63, 3.8) is 0 Å². The lowest BCUT2D eigenvalue weighted by molar-refractivity contribution is -0.433. The summed E-state index contributed by atoms with van der Waals surface area (Å²) in [6, 6.07) is 3.86. The highest BCUT2D eigenvalue weighted by Gasteiger charge is 2.44. The van der Waals surface area contributed by atoms with Crippen LogP contribution in [0, 0.1) is 17.6 Å². The van der Waals surface area contributed by atoms with Crippen LogP contribution in [-0.4, -0.2) is 24.3 Å². The van der Waals surface area contributed by atoms with Crippen molar-refractivity contribution in [1.82, 2.24) is 0 Å². The summed E-state index contributed by atoms with van der Waals surface area (Å²) in [6.45, 7) is 14.4. The second-order valence-electron chi connectivity index (χ2n) is 10.7. The Labute approximate surface area is 214 Å². The second-order valence-corrected chi connectivity index (χ2v) is 10.7. The molecule has 0 saturated carbocycles. The molecule has 0 fully saturated rings. The van der Waals surface area contributed by atoms with Crippen molar-refractivity contribution >= 4 is 0 Å². The lowest BCUT2D eigenvalue weighted by Crippen LogP contribution is -2.50. The molecule has 0 N–H and O–H groups in total. The molecule has 35 heavy (non-hydrogen) atoms. The first kappa shape index (κ1) is 32.0. The first-order valence-electron chi connectivity index (χ1n) is 14.1. The van der Waals surface area contributed by atoms with Gasteiger partial charge in [0.1, 0.15) is 11.6 Å². The van der Waals surface area contributed by atoms with Gasteiger partial charge in [-0.05, 0) is 78.9 Å². The van der Waals surface area contributed by atoms with Crippen molar-refractivity contribution in [3.05, 3.63) is 35.4 Å². The third-order valence-electron chi connectivity index (χ3n) is 6.12. The van der Waals surface area contributed by atoms with Gasteiger partial charge >= 0.3 is 0 Å². The standard InChI is InChI=1S/C30H52F2O3/c1-8-9-10-11-12-15-18-27(30(33-23(2)3,34-24(4)5)35-25(6)7)19-16-13-14-17-26-20-21-28(31)22-29(26)32/h20-25,27H,8-19H2,1-7H3. The SMILES string of the molecule is CCCCCCCCC(CCCCCc1ccc(F)cc1F)C(OC(C)C)(OC(C)C)OC(C)C. The van der Waals surface area contributed by atoms with Gasteiger partial charge < -0.3 is 14.2 Å². The normalized spacial score (nSPS) is 13.4. The molecule has 0 spiro atoms. The lowest BCUT2D eigenvalue weighted by Gasteiger charge is -2.43. The van der Waals surface area contributed by atoms with E-state index in [0.29, 0.717) is 12.0 Å². The maximum Gasteiger partial charge on any atom is 0.286 e. The van der Waals surface area contributed by atoms with Crippen molar-refractivity contribution in [3.8, 4) is 0 Å². The molecular formula is C30H52F2O3. The summed E-state index contributed by atoms with van der Waals surface area (Å²) < 4.78 is 46.5. The van der Waals surface area contributed by atoms with Gasteiger partial charge in [-0.25, -0.2) is 8.78 Å². The van der Waals surface area contributed by atoms with E-state index in [0.717, 1.165) is 44.6 Å². The highest BCUT2D eigenvalue weighted by Crippen LogP contribution is 2.37. The molecule has 0 heterocycles. The second kappa shape index (κ2) is 17.4. The van der Waals surface area contributed by atoms with E-state index >= 15 is 0 Å². The fraction of sp³-hybridized carbons (Fsp3) is 0.800. The van der Waals surface area contributed by atoms with E-state index in [1.54, 1.807) is 6.07 Å². The summed E-state index contributed by atoms with van der Waals surface area (Å²) in [5, 5.41) is 0. The minimum absolute atomic E-state index is 0.0268. The number of rotatable bonds is 20. The third kappa shape index (κ3) is 13.2. The monoisotopic (exact) mass is 498 g/mol. The summed E-state index contributed by atoms with van der Waals surface area (Å²) in [6.07, 6.45) is 12.7. The van der Waals surface area contributed by atoms with E-state index in [4.69, 9.17) is 14.2 Å². The first-order valence-corrected chi connectivity index (χ1v) is 14.1. The van der Waals surface area contributed by atoms with E-state index in [9.17, 15) is 8.78 Å². The Morgan fingerprint density at radius 2 is 1.17 bits per heavy atom. The Morgan fingerprint density at radius 1 is 0.686 bits per heavy atom. The molecule has 3 nitrogen and oxygen atoms in total. The number of benzene rings is 1. The molecular weight excluding hydrogens is 446 g/mol. The van der Waals surface area contributed by atoms with Crippen molar-refractivity contribution in [2.45, 2.75) is 150 Å². The number of halogens is 2. The molecule has 0 saturated heterocycles. The van der Waals surface area contributed by atoms with Gasteiger partial charge in [0.2, 0.25) is 0 Å². The molecule has 0 bridgehead atoms. The first-order chi connectivity index (χ1) is 16.6. The van der Waals surface area contributed by atoms with Crippen LogP contribution < -0.4 is 0 Å². The number of unbranched alkanes of at least 4 members (excludes halogenated alkanes) is 7. The average molecular weight is 499 g/mol. The Hall–Kier alpha value is -1.04. The predicted molar refractivity (Wildman–Crippen MR) is 141 cm³/mol. The highest BCUT2D eigenvalue weighted by atomic mass is 19.1. The fourth-order valence-electron chi connectivity index (χ4n) is 4.63. The summed E-state index contributed by atoms with van der Waals surface area (Å²) in [5.41, 5.74) is 0.582. The Kier molecular flexibility index (Phi) is 15.9. The summed E-state index contributed by atoms with van der Waals surface area (Å²) >= 11 is 0. The minimum Gasteiger partial charge on any atom is -0.324 e. The zero-order chi connectivity index (χ0) is 26.3. The molecule has 0 aliphatic heterocycles. The van der Waals surface area contributed by atoms with Gasteiger partial charge in [-0.1, -0.05) is 64.4 Å². The molecule has 1 atom stereocenters. The lowest BCUT2D eigenvalue weighted by atomic mass is 9.91. The van der Waals surface area contributed by atoms with Crippen LogP contribution in [-0.2, 0) is 20.6 Å². The summed E-state index contributed by atoms with van der Waals surface area (Å²) in [7, 11) is 0. The number of ether oxygens (including phenoxy) is 3. The molecule has 0 radical (unpaired) electrons. The van der Waals surface area contributed by atoms with Crippen LogP contribution >= 0.6 is 0 Å².